The first-order chi connectivity index (χ1) is 10.5. The van der Waals surface area contributed by atoms with Gasteiger partial charge in [-0.1, -0.05) is 12.1 Å². The van der Waals surface area contributed by atoms with Crippen LogP contribution in [0.3, 0.4) is 0 Å². The molecule has 1 atom stereocenters. The first-order valence-electron chi connectivity index (χ1n) is 7.29. The number of phenolic OH excluding ortho intramolecular Hbond substituents is 1. The number of likely N-dealkylation sites (N-methyl/N-ethyl adjacent to an activating group) is 1. The lowest BCUT2D eigenvalue weighted by Gasteiger charge is -2.25. The maximum Gasteiger partial charge on any atom is 0.317 e. The van der Waals surface area contributed by atoms with Crippen LogP contribution < -0.4 is 5.32 Å². The largest absolute Gasteiger partial charge is 0.508 e. The number of rotatable bonds is 5. The normalized spacial score (nSPS) is 12.0. The van der Waals surface area contributed by atoms with E-state index in [1.54, 1.807) is 35.4 Å². The molecule has 0 saturated heterocycles. The Bertz CT molecular complexity index is 622. The van der Waals surface area contributed by atoms with Crippen molar-refractivity contribution in [3.63, 3.8) is 0 Å². The Labute approximate surface area is 135 Å². The summed E-state index contributed by atoms with van der Waals surface area (Å²) in [5, 5.41) is 12.2. The minimum Gasteiger partial charge on any atom is -0.508 e. The number of thiophene rings is 1. The summed E-state index contributed by atoms with van der Waals surface area (Å²) in [6.45, 7) is 4.64. The van der Waals surface area contributed by atoms with Crippen molar-refractivity contribution >= 4 is 17.4 Å². The standard InChI is InChI=1S/C17H22N2O2S/c1-12(10-14-5-7-15(20)8-6-14)19(3)17(21)18-11-16-9-4-13(2)22-16/h4-9,12,20H,10-11H2,1-3H3,(H,18,21)/t12-/m0/s1. The number of urea groups is 1. The molecular formula is C17H22N2O2S. The molecular weight excluding hydrogens is 296 g/mol. The van der Waals surface area contributed by atoms with Gasteiger partial charge in [0.15, 0.2) is 0 Å². The number of nitrogens with one attached hydrogen (secondary N) is 1. The van der Waals surface area contributed by atoms with Crippen LogP contribution in [-0.4, -0.2) is 29.1 Å². The maximum absolute atomic E-state index is 12.2. The van der Waals surface area contributed by atoms with Crippen molar-refractivity contribution in [3.8, 4) is 5.75 Å². The second kappa shape index (κ2) is 7.31. The van der Waals surface area contributed by atoms with E-state index in [1.807, 2.05) is 25.1 Å². The first kappa shape index (κ1) is 16.4. The van der Waals surface area contributed by atoms with Crippen molar-refractivity contribution in [3.05, 3.63) is 51.7 Å². The van der Waals surface area contributed by atoms with E-state index in [9.17, 15) is 9.90 Å². The third-order valence-corrected chi connectivity index (χ3v) is 4.66. The minimum absolute atomic E-state index is 0.0719. The summed E-state index contributed by atoms with van der Waals surface area (Å²) in [7, 11) is 1.81. The van der Waals surface area contributed by atoms with Gasteiger partial charge in [-0.15, -0.1) is 11.3 Å². The van der Waals surface area contributed by atoms with E-state index in [0.29, 0.717) is 6.54 Å². The molecule has 0 aliphatic carbocycles. The zero-order chi connectivity index (χ0) is 16.1. The van der Waals surface area contributed by atoms with Crippen molar-refractivity contribution < 1.29 is 9.90 Å². The van der Waals surface area contributed by atoms with E-state index in [-0.39, 0.29) is 17.8 Å². The third-order valence-electron chi connectivity index (χ3n) is 3.66. The van der Waals surface area contributed by atoms with Crippen molar-refractivity contribution in [1.82, 2.24) is 10.2 Å². The summed E-state index contributed by atoms with van der Waals surface area (Å²) in [5.41, 5.74) is 1.10. The molecule has 1 aromatic heterocycles. The molecule has 5 heteroatoms. The van der Waals surface area contributed by atoms with Crippen molar-refractivity contribution in [2.45, 2.75) is 32.9 Å². The van der Waals surface area contributed by atoms with Crippen LogP contribution >= 0.6 is 11.3 Å². The molecule has 0 aliphatic rings. The van der Waals surface area contributed by atoms with Crippen LogP contribution in [-0.2, 0) is 13.0 Å². The third kappa shape index (κ3) is 4.49. The molecule has 0 spiro atoms. The van der Waals surface area contributed by atoms with Gasteiger partial charge in [-0.25, -0.2) is 4.79 Å². The average molecular weight is 318 g/mol. The van der Waals surface area contributed by atoms with Gasteiger partial charge in [0, 0.05) is 22.8 Å². The predicted octanol–water partition coefficient (Wildman–Crippen LogP) is 3.53. The number of phenols is 1. The van der Waals surface area contributed by atoms with Gasteiger partial charge >= 0.3 is 6.03 Å². The van der Waals surface area contributed by atoms with Gasteiger partial charge in [-0.2, -0.15) is 0 Å². The Morgan fingerprint density at radius 2 is 1.95 bits per heavy atom. The van der Waals surface area contributed by atoms with Gasteiger partial charge in [-0.3, -0.25) is 0 Å². The number of carbonyl (C=O) groups excluding carboxylic acids is 1. The van der Waals surface area contributed by atoms with Crippen molar-refractivity contribution in [2.24, 2.45) is 0 Å². The van der Waals surface area contributed by atoms with Gasteiger partial charge in [0.1, 0.15) is 5.75 Å². The highest BCUT2D eigenvalue weighted by molar-refractivity contribution is 7.11. The number of hydrogen-bond acceptors (Lipinski definition) is 3. The van der Waals surface area contributed by atoms with Crippen molar-refractivity contribution in [2.75, 3.05) is 7.05 Å². The average Bonchev–Trinajstić information content (AvgIpc) is 2.92. The van der Waals surface area contributed by atoms with Gasteiger partial charge in [-0.05, 0) is 50.1 Å². The molecule has 0 unspecified atom stereocenters. The number of aromatic hydroxyl groups is 1. The fourth-order valence-corrected chi connectivity index (χ4v) is 3.01. The lowest BCUT2D eigenvalue weighted by Crippen LogP contribution is -2.42. The molecule has 2 aromatic rings. The highest BCUT2D eigenvalue weighted by Gasteiger charge is 2.16. The molecule has 0 fully saturated rings. The molecule has 0 radical (unpaired) electrons. The number of carbonyl (C=O) groups is 1. The van der Waals surface area contributed by atoms with Gasteiger partial charge in [0.05, 0.1) is 6.54 Å². The molecule has 22 heavy (non-hydrogen) atoms. The van der Waals surface area contributed by atoms with E-state index < -0.39 is 0 Å². The topological polar surface area (TPSA) is 52.6 Å². The molecule has 1 aromatic carbocycles. The predicted molar refractivity (Wildman–Crippen MR) is 90.3 cm³/mol. The summed E-state index contributed by atoms with van der Waals surface area (Å²) in [5.74, 6) is 0.258. The number of benzene rings is 1. The van der Waals surface area contributed by atoms with Crippen LogP contribution in [0.2, 0.25) is 0 Å². The summed E-state index contributed by atoms with van der Waals surface area (Å²) in [6.07, 6.45) is 0.752. The quantitative estimate of drug-likeness (QED) is 0.886. The molecule has 118 valence electrons. The molecule has 2 amide bonds. The summed E-state index contributed by atoms with van der Waals surface area (Å²) >= 11 is 1.70. The summed E-state index contributed by atoms with van der Waals surface area (Å²) in [6, 6.07) is 11.2. The Balaban J connectivity index is 1.84. The van der Waals surface area contributed by atoms with Crippen LogP contribution in [0.15, 0.2) is 36.4 Å². The smallest absolute Gasteiger partial charge is 0.317 e. The van der Waals surface area contributed by atoms with Crippen LogP contribution in [0.25, 0.3) is 0 Å². The van der Waals surface area contributed by atoms with E-state index in [2.05, 4.69) is 18.3 Å². The number of hydrogen-bond donors (Lipinski definition) is 2. The molecule has 0 saturated carbocycles. The highest BCUT2D eigenvalue weighted by Crippen LogP contribution is 2.15. The van der Waals surface area contributed by atoms with Crippen LogP contribution in [0.1, 0.15) is 22.2 Å². The van der Waals surface area contributed by atoms with E-state index in [0.717, 1.165) is 16.9 Å². The van der Waals surface area contributed by atoms with Gasteiger partial charge < -0.3 is 15.3 Å². The first-order valence-corrected chi connectivity index (χ1v) is 8.11. The lowest BCUT2D eigenvalue weighted by atomic mass is 10.1. The molecule has 1 heterocycles. The Morgan fingerprint density at radius 1 is 1.27 bits per heavy atom. The number of nitrogens with zero attached hydrogens (tertiary/aromatic N) is 1. The Morgan fingerprint density at radius 3 is 2.55 bits per heavy atom. The van der Waals surface area contributed by atoms with Gasteiger partial charge in [0.2, 0.25) is 0 Å². The van der Waals surface area contributed by atoms with Gasteiger partial charge in [0.25, 0.3) is 0 Å². The zero-order valence-electron chi connectivity index (χ0n) is 13.2. The Hall–Kier alpha value is -2.01. The monoisotopic (exact) mass is 318 g/mol. The number of amides is 2. The summed E-state index contributed by atoms with van der Waals surface area (Å²) in [4.78, 5) is 16.3. The number of aryl methyl sites for hydroxylation is 1. The van der Waals surface area contributed by atoms with Crippen LogP contribution in [0, 0.1) is 6.92 Å². The van der Waals surface area contributed by atoms with Crippen molar-refractivity contribution in [1.29, 1.82) is 0 Å². The molecule has 0 bridgehead atoms. The second-order valence-electron chi connectivity index (χ2n) is 5.50. The minimum atomic E-state index is -0.0719. The fraction of sp³-hybridized carbons (Fsp3) is 0.353. The second-order valence-corrected chi connectivity index (χ2v) is 6.87. The van der Waals surface area contributed by atoms with E-state index >= 15 is 0 Å². The fourth-order valence-electron chi connectivity index (χ4n) is 2.18. The molecule has 2 N–H and O–H groups in total. The molecule has 0 aliphatic heterocycles. The SMILES string of the molecule is Cc1ccc(CNC(=O)N(C)[C@@H](C)Cc2ccc(O)cc2)s1. The van der Waals surface area contributed by atoms with E-state index in [1.165, 1.54) is 4.88 Å². The van der Waals surface area contributed by atoms with Crippen LogP contribution in [0.4, 0.5) is 4.79 Å². The van der Waals surface area contributed by atoms with Crippen LogP contribution in [0.5, 0.6) is 5.75 Å². The zero-order valence-corrected chi connectivity index (χ0v) is 14.0. The molecule has 4 nitrogen and oxygen atoms in total. The highest BCUT2D eigenvalue weighted by atomic mass is 32.1. The lowest BCUT2D eigenvalue weighted by molar-refractivity contribution is 0.193. The van der Waals surface area contributed by atoms with E-state index in [4.69, 9.17) is 0 Å². The summed E-state index contributed by atoms with van der Waals surface area (Å²) < 4.78 is 0. The molecule has 2 rings (SSSR count). The maximum atomic E-state index is 12.2. The Kier molecular flexibility index (Phi) is 5.44.